The molecule has 0 bridgehead atoms. The number of aryl methyl sites for hydroxylation is 3. The summed E-state index contributed by atoms with van der Waals surface area (Å²) < 4.78 is 8.27. The van der Waals surface area contributed by atoms with E-state index in [4.69, 9.17) is 9.72 Å². The van der Waals surface area contributed by atoms with Crippen LogP contribution in [0.15, 0.2) is 42.5 Å². The Bertz CT molecular complexity index is 1070. The number of nitrogens with zero attached hydrogens (tertiary/aromatic N) is 2. The Hall–Kier alpha value is -2.82. The second kappa shape index (κ2) is 11.4. The molecule has 176 valence electrons. The van der Waals surface area contributed by atoms with Gasteiger partial charge in [0.2, 0.25) is 5.91 Å². The fraction of sp³-hybridized carbons (Fsp3) is 0.500. The molecule has 0 atom stereocenters. The maximum atomic E-state index is 12.5. The smallest absolute Gasteiger partial charge is 0.223 e. The van der Waals surface area contributed by atoms with Crippen LogP contribution in [0.25, 0.3) is 11.0 Å². The molecule has 0 spiro atoms. The maximum Gasteiger partial charge on any atom is 0.223 e. The van der Waals surface area contributed by atoms with Crippen LogP contribution in [-0.4, -0.2) is 28.6 Å². The van der Waals surface area contributed by atoms with E-state index in [1.165, 1.54) is 35.9 Å². The van der Waals surface area contributed by atoms with E-state index >= 15 is 0 Å². The Morgan fingerprint density at radius 3 is 2.70 bits per heavy atom. The first-order valence-corrected chi connectivity index (χ1v) is 12.5. The number of hydrogen-bond donors (Lipinski definition) is 1. The van der Waals surface area contributed by atoms with Gasteiger partial charge >= 0.3 is 0 Å². The first-order valence-electron chi connectivity index (χ1n) is 12.5. The predicted octanol–water partition coefficient (Wildman–Crippen LogP) is 5.75. The van der Waals surface area contributed by atoms with Gasteiger partial charge in [0.15, 0.2) is 0 Å². The predicted molar refractivity (Wildman–Crippen MR) is 134 cm³/mol. The second-order valence-electron chi connectivity index (χ2n) is 9.35. The van der Waals surface area contributed by atoms with Gasteiger partial charge in [0.25, 0.3) is 0 Å². The molecule has 5 heteroatoms. The van der Waals surface area contributed by atoms with Crippen molar-refractivity contribution in [3.8, 4) is 5.75 Å². The van der Waals surface area contributed by atoms with Gasteiger partial charge in [-0.3, -0.25) is 4.79 Å². The molecule has 4 rings (SSSR count). The normalized spacial score (nSPS) is 14.5. The lowest BCUT2D eigenvalue weighted by atomic mass is 9.89. The van der Waals surface area contributed by atoms with Crippen LogP contribution in [0.5, 0.6) is 5.75 Å². The third-order valence-corrected chi connectivity index (χ3v) is 6.88. The number of rotatable bonds is 10. The SMILES string of the molecule is Cc1ccc(OCCCCn2c(CCNC(=O)C3CCCCC3)nc3ccccc32)cc1C. The molecule has 1 heterocycles. The van der Waals surface area contributed by atoms with E-state index in [-0.39, 0.29) is 11.8 Å². The summed E-state index contributed by atoms with van der Waals surface area (Å²) in [6.45, 7) is 6.50. The van der Waals surface area contributed by atoms with Crippen molar-refractivity contribution < 1.29 is 9.53 Å². The number of nitrogens with one attached hydrogen (secondary N) is 1. The summed E-state index contributed by atoms with van der Waals surface area (Å²) in [7, 11) is 0. The highest BCUT2D eigenvalue weighted by Crippen LogP contribution is 2.24. The minimum atomic E-state index is 0.204. The average Bonchev–Trinajstić information content (AvgIpc) is 3.19. The van der Waals surface area contributed by atoms with Gasteiger partial charge in [0.05, 0.1) is 17.6 Å². The number of unbranched alkanes of at least 4 members (excludes halogenated alkanes) is 1. The van der Waals surface area contributed by atoms with Crippen molar-refractivity contribution >= 4 is 16.9 Å². The minimum Gasteiger partial charge on any atom is -0.494 e. The van der Waals surface area contributed by atoms with Crippen molar-refractivity contribution in [2.24, 2.45) is 5.92 Å². The number of para-hydroxylation sites is 2. The third-order valence-electron chi connectivity index (χ3n) is 6.88. The van der Waals surface area contributed by atoms with Gasteiger partial charge in [-0.1, -0.05) is 37.5 Å². The number of imidazole rings is 1. The number of ether oxygens (including phenoxy) is 1. The van der Waals surface area contributed by atoms with Crippen molar-refractivity contribution in [2.75, 3.05) is 13.2 Å². The number of fused-ring (bicyclic) bond motifs is 1. The van der Waals surface area contributed by atoms with E-state index in [0.717, 1.165) is 55.7 Å². The number of benzene rings is 2. The molecule has 3 aromatic rings. The van der Waals surface area contributed by atoms with E-state index in [0.29, 0.717) is 13.2 Å². The zero-order valence-electron chi connectivity index (χ0n) is 20.1. The molecule has 1 aromatic heterocycles. The molecule has 5 nitrogen and oxygen atoms in total. The van der Waals surface area contributed by atoms with Gasteiger partial charge in [0, 0.05) is 25.4 Å². The topological polar surface area (TPSA) is 56.1 Å². The van der Waals surface area contributed by atoms with Crippen LogP contribution in [0, 0.1) is 19.8 Å². The van der Waals surface area contributed by atoms with Crippen LogP contribution in [0.1, 0.15) is 61.9 Å². The van der Waals surface area contributed by atoms with Crippen LogP contribution < -0.4 is 10.1 Å². The first kappa shape index (κ1) is 23.3. The fourth-order valence-corrected chi connectivity index (χ4v) is 4.74. The summed E-state index contributed by atoms with van der Waals surface area (Å²) >= 11 is 0. The second-order valence-corrected chi connectivity index (χ2v) is 9.35. The van der Waals surface area contributed by atoms with Gasteiger partial charge in [-0.15, -0.1) is 0 Å². The van der Waals surface area contributed by atoms with E-state index in [9.17, 15) is 4.79 Å². The zero-order chi connectivity index (χ0) is 23.0. The molecule has 0 aliphatic heterocycles. The van der Waals surface area contributed by atoms with Crippen LogP contribution in [-0.2, 0) is 17.8 Å². The van der Waals surface area contributed by atoms with Gasteiger partial charge in [-0.05, 0) is 74.9 Å². The lowest BCUT2D eigenvalue weighted by Crippen LogP contribution is -2.33. The first-order chi connectivity index (χ1) is 16.1. The van der Waals surface area contributed by atoms with Crippen molar-refractivity contribution in [3.63, 3.8) is 0 Å². The molecule has 0 saturated heterocycles. The summed E-state index contributed by atoms with van der Waals surface area (Å²) in [6, 6.07) is 14.6. The fourth-order valence-electron chi connectivity index (χ4n) is 4.74. The van der Waals surface area contributed by atoms with Gasteiger partial charge < -0.3 is 14.6 Å². The van der Waals surface area contributed by atoms with Crippen molar-refractivity contribution in [2.45, 2.75) is 71.8 Å². The van der Waals surface area contributed by atoms with Gasteiger partial charge in [-0.25, -0.2) is 4.98 Å². The Balaban J connectivity index is 1.30. The van der Waals surface area contributed by atoms with Crippen LogP contribution in [0.2, 0.25) is 0 Å². The van der Waals surface area contributed by atoms with Crippen molar-refractivity contribution in [3.05, 3.63) is 59.4 Å². The summed E-state index contributed by atoms with van der Waals surface area (Å²) in [5.74, 6) is 2.42. The standard InChI is InChI=1S/C28H37N3O2/c1-21-14-15-24(20-22(21)2)33-19-9-8-18-31-26-13-7-6-12-25(26)30-27(31)16-17-29-28(32)23-10-4-3-5-11-23/h6-7,12-15,20,23H,3-5,8-11,16-19H2,1-2H3,(H,29,32). The minimum absolute atomic E-state index is 0.204. The summed E-state index contributed by atoms with van der Waals surface area (Å²) in [4.78, 5) is 17.4. The van der Waals surface area contributed by atoms with Crippen LogP contribution in [0.3, 0.4) is 0 Å². The Kier molecular flexibility index (Phi) is 8.03. The lowest BCUT2D eigenvalue weighted by Gasteiger charge is -2.20. The van der Waals surface area contributed by atoms with Crippen LogP contribution in [0.4, 0.5) is 0 Å². The number of amides is 1. The quantitative estimate of drug-likeness (QED) is 0.403. The van der Waals surface area contributed by atoms with Crippen molar-refractivity contribution in [1.82, 2.24) is 14.9 Å². The number of hydrogen-bond acceptors (Lipinski definition) is 3. The molecule has 1 saturated carbocycles. The van der Waals surface area contributed by atoms with Crippen molar-refractivity contribution in [1.29, 1.82) is 0 Å². The largest absolute Gasteiger partial charge is 0.494 e. The van der Waals surface area contributed by atoms with E-state index < -0.39 is 0 Å². The van der Waals surface area contributed by atoms with Crippen LogP contribution >= 0.6 is 0 Å². The van der Waals surface area contributed by atoms with E-state index in [1.807, 2.05) is 12.1 Å². The summed E-state index contributed by atoms with van der Waals surface area (Å²) in [6.07, 6.45) is 8.46. The number of carbonyl (C=O) groups is 1. The Morgan fingerprint density at radius 2 is 1.88 bits per heavy atom. The molecule has 2 aromatic carbocycles. The van der Waals surface area contributed by atoms with Gasteiger partial charge in [0.1, 0.15) is 11.6 Å². The number of aromatic nitrogens is 2. The Morgan fingerprint density at radius 1 is 1.06 bits per heavy atom. The highest BCUT2D eigenvalue weighted by atomic mass is 16.5. The third kappa shape index (κ3) is 6.16. The van der Waals surface area contributed by atoms with Gasteiger partial charge in [-0.2, -0.15) is 0 Å². The number of carbonyl (C=O) groups excluding carboxylic acids is 1. The summed E-state index contributed by atoms with van der Waals surface area (Å²) in [5, 5.41) is 3.16. The molecule has 0 unspecified atom stereocenters. The molecular formula is C28H37N3O2. The highest BCUT2D eigenvalue weighted by molar-refractivity contribution is 5.78. The molecular weight excluding hydrogens is 410 g/mol. The average molecular weight is 448 g/mol. The highest BCUT2D eigenvalue weighted by Gasteiger charge is 2.20. The molecule has 0 radical (unpaired) electrons. The molecule has 1 amide bonds. The lowest BCUT2D eigenvalue weighted by molar-refractivity contribution is -0.125. The van der Waals surface area contributed by atoms with E-state index in [2.05, 4.69) is 54.1 Å². The summed E-state index contributed by atoms with van der Waals surface area (Å²) in [5.41, 5.74) is 4.74. The molecule has 1 N–H and O–H groups in total. The molecule has 1 aliphatic carbocycles. The monoisotopic (exact) mass is 447 g/mol. The molecule has 1 aliphatic rings. The molecule has 33 heavy (non-hydrogen) atoms. The van der Waals surface area contributed by atoms with E-state index in [1.54, 1.807) is 0 Å². The molecule has 1 fully saturated rings. The maximum absolute atomic E-state index is 12.5. The Labute approximate surface area is 197 Å². The zero-order valence-corrected chi connectivity index (χ0v) is 20.1.